The third-order valence-electron chi connectivity index (χ3n) is 4.94. The predicted molar refractivity (Wildman–Crippen MR) is 128 cm³/mol. The molecule has 2 N–H and O–H groups in total. The molecule has 0 aliphatic rings. The SMILES string of the molecule is Cc1ccc2cc(NC(=O)Oc3ccc4nc(-c5c(Cl)cccc5Cl)[nH]c4c3)ccc2n1. The number of pyridine rings is 1. The van der Waals surface area contributed by atoms with Gasteiger partial charge in [-0.05, 0) is 55.5 Å². The van der Waals surface area contributed by atoms with Gasteiger partial charge in [-0.3, -0.25) is 10.3 Å². The molecule has 158 valence electrons. The number of hydrogen-bond acceptors (Lipinski definition) is 4. The number of amides is 1. The summed E-state index contributed by atoms with van der Waals surface area (Å²) in [4.78, 5) is 24.6. The van der Waals surface area contributed by atoms with Gasteiger partial charge in [-0.2, -0.15) is 0 Å². The normalized spacial score (nSPS) is 11.1. The first kappa shape index (κ1) is 20.3. The van der Waals surface area contributed by atoms with Crippen LogP contribution in [0, 0.1) is 6.92 Å². The lowest BCUT2D eigenvalue weighted by Crippen LogP contribution is -2.16. The highest BCUT2D eigenvalue weighted by Crippen LogP contribution is 2.34. The zero-order valence-corrected chi connectivity index (χ0v) is 18.3. The topological polar surface area (TPSA) is 79.9 Å². The molecule has 3 aromatic carbocycles. The molecule has 0 spiro atoms. The molecule has 0 saturated heterocycles. The number of aryl methyl sites for hydroxylation is 1. The van der Waals surface area contributed by atoms with E-state index in [4.69, 9.17) is 27.9 Å². The summed E-state index contributed by atoms with van der Waals surface area (Å²) in [6, 6.07) is 19.8. The van der Waals surface area contributed by atoms with E-state index in [2.05, 4.69) is 20.3 Å². The zero-order valence-electron chi connectivity index (χ0n) is 16.8. The summed E-state index contributed by atoms with van der Waals surface area (Å²) < 4.78 is 5.45. The highest BCUT2D eigenvalue weighted by Gasteiger charge is 2.14. The van der Waals surface area contributed by atoms with Gasteiger partial charge in [0.25, 0.3) is 0 Å². The molecule has 0 saturated carbocycles. The Balaban J connectivity index is 1.36. The van der Waals surface area contributed by atoms with Gasteiger partial charge in [0.2, 0.25) is 0 Å². The van der Waals surface area contributed by atoms with Gasteiger partial charge in [0, 0.05) is 22.8 Å². The Hall–Kier alpha value is -3.61. The number of benzene rings is 3. The molecule has 0 atom stereocenters. The number of hydrogen-bond donors (Lipinski definition) is 2. The average molecular weight is 463 g/mol. The number of nitrogens with zero attached hydrogens (tertiary/aromatic N) is 2. The van der Waals surface area contributed by atoms with Crippen molar-refractivity contribution >= 4 is 56.9 Å². The van der Waals surface area contributed by atoms with Crippen molar-refractivity contribution in [2.24, 2.45) is 0 Å². The van der Waals surface area contributed by atoms with E-state index in [0.29, 0.717) is 43.9 Å². The number of halogens is 2. The van der Waals surface area contributed by atoms with E-state index in [0.717, 1.165) is 16.6 Å². The second kappa shape index (κ2) is 8.15. The lowest BCUT2D eigenvalue weighted by molar-refractivity contribution is 0.215. The van der Waals surface area contributed by atoms with Crippen molar-refractivity contribution in [1.82, 2.24) is 15.0 Å². The highest BCUT2D eigenvalue weighted by molar-refractivity contribution is 6.39. The van der Waals surface area contributed by atoms with Crippen molar-refractivity contribution in [1.29, 1.82) is 0 Å². The van der Waals surface area contributed by atoms with Crippen LogP contribution in [0.4, 0.5) is 10.5 Å². The number of aromatic nitrogens is 3. The Morgan fingerprint density at radius 2 is 1.72 bits per heavy atom. The molecule has 0 aliphatic carbocycles. The van der Waals surface area contributed by atoms with Crippen molar-refractivity contribution < 1.29 is 9.53 Å². The molecular formula is C24H16Cl2N4O2. The number of fused-ring (bicyclic) bond motifs is 2. The third kappa shape index (κ3) is 3.98. The number of rotatable bonds is 3. The monoisotopic (exact) mass is 462 g/mol. The summed E-state index contributed by atoms with van der Waals surface area (Å²) in [5.74, 6) is 0.908. The quantitative estimate of drug-likeness (QED) is 0.302. The van der Waals surface area contributed by atoms with Crippen molar-refractivity contribution in [3.8, 4) is 17.1 Å². The first-order valence-corrected chi connectivity index (χ1v) is 10.5. The number of carbonyl (C=O) groups is 1. The molecule has 0 fully saturated rings. The van der Waals surface area contributed by atoms with Crippen molar-refractivity contribution in [3.05, 3.63) is 82.5 Å². The Labute approximate surface area is 193 Å². The molecule has 2 aromatic heterocycles. The molecule has 8 heteroatoms. The van der Waals surface area contributed by atoms with Gasteiger partial charge >= 0.3 is 6.09 Å². The second-order valence-corrected chi connectivity index (χ2v) is 8.05. The molecule has 5 rings (SSSR count). The fourth-order valence-corrected chi connectivity index (χ4v) is 4.03. The number of aromatic amines is 1. The van der Waals surface area contributed by atoms with Crippen LogP contribution in [0.5, 0.6) is 5.75 Å². The first-order valence-electron chi connectivity index (χ1n) is 9.77. The summed E-state index contributed by atoms with van der Waals surface area (Å²) in [5.41, 5.74) is 4.42. The van der Waals surface area contributed by atoms with Crippen LogP contribution in [0.2, 0.25) is 10.0 Å². The maximum Gasteiger partial charge on any atom is 0.417 e. The molecule has 0 bridgehead atoms. The molecular weight excluding hydrogens is 447 g/mol. The molecule has 1 amide bonds. The van der Waals surface area contributed by atoms with Crippen LogP contribution >= 0.6 is 23.2 Å². The smallest absolute Gasteiger partial charge is 0.410 e. The molecule has 0 aliphatic heterocycles. The van der Waals surface area contributed by atoms with E-state index in [1.54, 1.807) is 42.5 Å². The molecule has 0 radical (unpaired) electrons. The minimum Gasteiger partial charge on any atom is -0.410 e. The number of H-pyrrole nitrogens is 1. The molecule has 6 nitrogen and oxygen atoms in total. The molecule has 2 heterocycles. The van der Waals surface area contributed by atoms with E-state index in [1.165, 1.54) is 0 Å². The van der Waals surface area contributed by atoms with E-state index in [-0.39, 0.29) is 0 Å². The van der Waals surface area contributed by atoms with Crippen molar-refractivity contribution in [3.63, 3.8) is 0 Å². The highest BCUT2D eigenvalue weighted by atomic mass is 35.5. The first-order chi connectivity index (χ1) is 15.5. The lowest BCUT2D eigenvalue weighted by atomic mass is 10.2. The minimum atomic E-state index is -0.599. The fourth-order valence-electron chi connectivity index (χ4n) is 3.45. The lowest BCUT2D eigenvalue weighted by Gasteiger charge is -2.08. The minimum absolute atomic E-state index is 0.369. The number of carbonyl (C=O) groups excluding carboxylic acids is 1. The van der Waals surface area contributed by atoms with Gasteiger partial charge in [-0.25, -0.2) is 9.78 Å². The van der Waals surface area contributed by atoms with Crippen LogP contribution in [0.15, 0.2) is 66.7 Å². The average Bonchev–Trinajstić information content (AvgIpc) is 3.16. The standard InChI is InChI=1S/C24H16Cl2N4O2/c1-13-5-6-14-11-15(7-9-19(14)27-13)28-24(31)32-16-8-10-20-21(12-16)30-23(29-20)22-17(25)3-2-4-18(22)26/h2-12H,1H3,(H,28,31)(H,29,30). The Morgan fingerprint density at radius 1 is 0.938 bits per heavy atom. The maximum absolute atomic E-state index is 12.4. The number of anilines is 1. The van der Waals surface area contributed by atoms with Crippen molar-refractivity contribution in [2.45, 2.75) is 6.92 Å². The third-order valence-corrected chi connectivity index (χ3v) is 5.57. The van der Waals surface area contributed by atoms with E-state index in [9.17, 15) is 4.79 Å². The number of imidazole rings is 1. The molecule has 5 aromatic rings. The van der Waals surface area contributed by atoms with Gasteiger partial charge in [0.1, 0.15) is 11.6 Å². The largest absolute Gasteiger partial charge is 0.417 e. The second-order valence-electron chi connectivity index (χ2n) is 7.24. The summed E-state index contributed by atoms with van der Waals surface area (Å²) in [7, 11) is 0. The Kier molecular flexibility index (Phi) is 5.17. The van der Waals surface area contributed by atoms with Gasteiger partial charge < -0.3 is 9.72 Å². The maximum atomic E-state index is 12.4. The van der Waals surface area contributed by atoms with Crippen LogP contribution in [0.25, 0.3) is 33.3 Å². The Morgan fingerprint density at radius 3 is 2.53 bits per heavy atom. The van der Waals surface area contributed by atoms with E-state index < -0.39 is 6.09 Å². The summed E-state index contributed by atoms with van der Waals surface area (Å²) in [6.07, 6.45) is -0.599. The fraction of sp³-hybridized carbons (Fsp3) is 0.0417. The Bertz CT molecular complexity index is 1480. The summed E-state index contributed by atoms with van der Waals surface area (Å²) >= 11 is 12.6. The van der Waals surface area contributed by atoms with Gasteiger partial charge in [0.15, 0.2) is 0 Å². The summed E-state index contributed by atoms with van der Waals surface area (Å²) in [6.45, 7) is 1.94. The van der Waals surface area contributed by atoms with Crippen LogP contribution in [-0.2, 0) is 0 Å². The summed E-state index contributed by atoms with van der Waals surface area (Å²) in [5, 5.41) is 4.66. The molecule has 0 unspecified atom stereocenters. The van der Waals surface area contributed by atoms with Crippen LogP contribution in [-0.4, -0.2) is 21.0 Å². The predicted octanol–water partition coefficient (Wildman–Crippen LogP) is 7.00. The van der Waals surface area contributed by atoms with E-state index >= 15 is 0 Å². The van der Waals surface area contributed by atoms with Crippen LogP contribution in [0.1, 0.15) is 5.69 Å². The number of ether oxygens (including phenoxy) is 1. The van der Waals surface area contributed by atoms with Gasteiger partial charge in [-0.1, -0.05) is 35.3 Å². The zero-order chi connectivity index (χ0) is 22.2. The van der Waals surface area contributed by atoms with Gasteiger partial charge in [-0.15, -0.1) is 0 Å². The van der Waals surface area contributed by atoms with Crippen LogP contribution in [0.3, 0.4) is 0 Å². The number of nitrogens with one attached hydrogen (secondary N) is 2. The van der Waals surface area contributed by atoms with Gasteiger partial charge in [0.05, 0.1) is 32.2 Å². The van der Waals surface area contributed by atoms with Crippen LogP contribution < -0.4 is 10.1 Å². The van der Waals surface area contributed by atoms with E-state index in [1.807, 2.05) is 31.2 Å². The van der Waals surface area contributed by atoms with Crippen molar-refractivity contribution in [2.75, 3.05) is 5.32 Å². The molecule has 32 heavy (non-hydrogen) atoms.